The molecule has 8 heteroatoms. The van der Waals surface area contributed by atoms with E-state index >= 15 is 0 Å². The average Bonchev–Trinajstić information content (AvgIpc) is 3.19. The van der Waals surface area contributed by atoms with Gasteiger partial charge in [0.15, 0.2) is 17.5 Å². The number of ether oxygens (including phenoxy) is 2. The van der Waals surface area contributed by atoms with Gasteiger partial charge in [-0.3, -0.25) is 4.99 Å². The maximum Gasteiger partial charge on any atom is 0.191 e. The molecule has 0 aliphatic rings. The molecule has 0 saturated carbocycles. The van der Waals surface area contributed by atoms with Gasteiger partial charge in [-0.25, -0.2) is 4.39 Å². The number of methoxy groups -OCH3 is 2. The van der Waals surface area contributed by atoms with Crippen LogP contribution in [0.15, 0.2) is 47.6 Å². The van der Waals surface area contributed by atoms with E-state index in [0.717, 1.165) is 34.4 Å². The first kappa shape index (κ1) is 23.4. The third-order valence-electron chi connectivity index (χ3n) is 5.52. The van der Waals surface area contributed by atoms with Crippen molar-refractivity contribution in [2.24, 2.45) is 4.99 Å². The molecule has 0 amide bonds. The van der Waals surface area contributed by atoms with Crippen LogP contribution in [0.4, 0.5) is 4.39 Å². The number of aliphatic imine (C=N–C) groups is 1. The SMILES string of the molecule is CN=C(NCCc1c[nH]c2cc(F)ccc12)NCC(c1ccc(OC)c(OC)c1)N(C)C. The van der Waals surface area contributed by atoms with Crippen molar-refractivity contribution in [3.8, 4) is 11.5 Å². The van der Waals surface area contributed by atoms with Crippen molar-refractivity contribution in [2.45, 2.75) is 12.5 Å². The summed E-state index contributed by atoms with van der Waals surface area (Å²) in [5.74, 6) is 1.90. The van der Waals surface area contributed by atoms with E-state index < -0.39 is 0 Å². The average molecular weight is 442 g/mol. The summed E-state index contributed by atoms with van der Waals surface area (Å²) in [4.78, 5) is 9.62. The van der Waals surface area contributed by atoms with Crippen LogP contribution in [-0.4, -0.2) is 64.3 Å². The molecule has 172 valence electrons. The molecule has 0 aliphatic carbocycles. The molecule has 3 rings (SSSR count). The van der Waals surface area contributed by atoms with E-state index in [9.17, 15) is 4.39 Å². The quantitative estimate of drug-likeness (QED) is 0.351. The van der Waals surface area contributed by atoms with Crippen LogP contribution in [0.1, 0.15) is 17.2 Å². The van der Waals surface area contributed by atoms with E-state index in [-0.39, 0.29) is 11.9 Å². The molecule has 0 spiro atoms. The summed E-state index contributed by atoms with van der Waals surface area (Å²) < 4.78 is 24.2. The first-order chi connectivity index (χ1) is 15.5. The Hall–Kier alpha value is -3.26. The number of fused-ring (bicyclic) bond motifs is 1. The number of nitrogens with one attached hydrogen (secondary N) is 3. The van der Waals surface area contributed by atoms with Crippen molar-refractivity contribution in [1.29, 1.82) is 0 Å². The topological polar surface area (TPSA) is 73.9 Å². The van der Waals surface area contributed by atoms with E-state index in [1.165, 1.54) is 12.1 Å². The van der Waals surface area contributed by atoms with Crippen LogP contribution in [0.25, 0.3) is 10.9 Å². The number of hydrogen-bond donors (Lipinski definition) is 3. The fraction of sp³-hybridized carbons (Fsp3) is 0.375. The minimum atomic E-state index is -0.237. The molecule has 0 saturated heterocycles. The summed E-state index contributed by atoms with van der Waals surface area (Å²) >= 11 is 0. The molecule has 7 nitrogen and oxygen atoms in total. The van der Waals surface area contributed by atoms with Gasteiger partial charge in [-0.05, 0) is 62.0 Å². The molecule has 0 aliphatic heterocycles. The Labute approximate surface area is 188 Å². The first-order valence-corrected chi connectivity index (χ1v) is 10.5. The Bertz CT molecular complexity index is 1060. The summed E-state index contributed by atoms with van der Waals surface area (Å²) in [7, 11) is 9.11. The minimum absolute atomic E-state index is 0.108. The lowest BCUT2D eigenvalue weighted by atomic mass is 10.1. The predicted octanol–water partition coefficient (Wildman–Crippen LogP) is 3.33. The highest BCUT2D eigenvalue weighted by Crippen LogP contribution is 2.31. The van der Waals surface area contributed by atoms with Crippen molar-refractivity contribution < 1.29 is 13.9 Å². The number of aromatic nitrogens is 1. The highest BCUT2D eigenvalue weighted by Gasteiger charge is 2.17. The Morgan fingerprint density at radius 2 is 1.88 bits per heavy atom. The predicted molar refractivity (Wildman–Crippen MR) is 127 cm³/mol. The van der Waals surface area contributed by atoms with Crippen molar-refractivity contribution in [3.63, 3.8) is 0 Å². The molecule has 0 fully saturated rings. The third kappa shape index (κ3) is 5.50. The minimum Gasteiger partial charge on any atom is -0.493 e. The van der Waals surface area contributed by atoms with Crippen molar-refractivity contribution in [1.82, 2.24) is 20.5 Å². The van der Waals surface area contributed by atoms with Crippen molar-refractivity contribution in [2.75, 3.05) is 48.5 Å². The highest BCUT2D eigenvalue weighted by molar-refractivity contribution is 5.83. The van der Waals surface area contributed by atoms with Gasteiger partial charge < -0.3 is 30.0 Å². The number of halogens is 1. The Morgan fingerprint density at radius 3 is 2.56 bits per heavy atom. The molecule has 0 radical (unpaired) electrons. The van der Waals surface area contributed by atoms with Crippen LogP contribution in [0, 0.1) is 5.82 Å². The molecule has 0 bridgehead atoms. The molecule has 1 atom stereocenters. The standard InChI is InChI=1S/C24H32FN5O2/c1-26-24(27-11-10-17-14-28-20-13-18(25)7-8-19(17)20)29-15-21(30(2)3)16-6-9-22(31-4)23(12-16)32-5/h6-9,12-14,21,28H,10-11,15H2,1-5H3,(H2,26,27,29). The number of benzene rings is 2. The molecule has 1 aromatic heterocycles. The molecule has 3 aromatic rings. The van der Waals surface area contributed by atoms with E-state index in [1.54, 1.807) is 21.3 Å². The summed E-state index contributed by atoms with van der Waals surface area (Å²) in [6.45, 7) is 1.36. The molecule has 1 heterocycles. The summed E-state index contributed by atoms with van der Waals surface area (Å²) in [5.41, 5.74) is 3.06. The fourth-order valence-corrected chi connectivity index (χ4v) is 3.75. The molecule has 3 N–H and O–H groups in total. The second-order valence-electron chi connectivity index (χ2n) is 7.73. The number of nitrogens with zero attached hydrogens (tertiary/aromatic N) is 2. The van der Waals surface area contributed by atoms with Gasteiger partial charge in [0.2, 0.25) is 0 Å². The largest absolute Gasteiger partial charge is 0.493 e. The Kier molecular flexibility index (Phi) is 7.94. The molecule has 2 aromatic carbocycles. The van der Waals surface area contributed by atoms with Gasteiger partial charge in [-0.1, -0.05) is 6.07 Å². The van der Waals surface area contributed by atoms with E-state index in [2.05, 4.69) is 25.5 Å². The first-order valence-electron chi connectivity index (χ1n) is 10.5. The number of rotatable bonds is 9. The monoisotopic (exact) mass is 441 g/mol. The van der Waals surface area contributed by atoms with Gasteiger partial charge in [0.05, 0.1) is 20.3 Å². The van der Waals surface area contributed by atoms with Crippen molar-refractivity contribution >= 4 is 16.9 Å². The number of H-pyrrole nitrogens is 1. The smallest absolute Gasteiger partial charge is 0.191 e. The van der Waals surface area contributed by atoms with Crippen LogP contribution < -0.4 is 20.1 Å². The fourth-order valence-electron chi connectivity index (χ4n) is 3.75. The van der Waals surface area contributed by atoms with E-state index in [0.29, 0.717) is 24.6 Å². The lowest BCUT2D eigenvalue weighted by Crippen LogP contribution is -2.42. The van der Waals surface area contributed by atoms with Gasteiger partial charge in [0.25, 0.3) is 0 Å². The number of guanidine groups is 1. The number of hydrogen-bond acceptors (Lipinski definition) is 4. The van der Waals surface area contributed by atoms with Crippen LogP contribution >= 0.6 is 0 Å². The molecule has 32 heavy (non-hydrogen) atoms. The van der Waals surface area contributed by atoms with Crippen LogP contribution in [-0.2, 0) is 6.42 Å². The van der Waals surface area contributed by atoms with Gasteiger partial charge >= 0.3 is 0 Å². The van der Waals surface area contributed by atoms with Crippen LogP contribution in [0.2, 0.25) is 0 Å². The van der Waals surface area contributed by atoms with E-state index in [1.807, 2.05) is 44.6 Å². The van der Waals surface area contributed by atoms with Crippen LogP contribution in [0.3, 0.4) is 0 Å². The number of likely N-dealkylation sites (N-methyl/N-ethyl adjacent to an activating group) is 1. The maximum absolute atomic E-state index is 13.4. The lowest BCUT2D eigenvalue weighted by Gasteiger charge is -2.26. The van der Waals surface area contributed by atoms with Gasteiger partial charge in [-0.15, -0.1) is 0 Å². The van der Waals surface area contributed by atoms with Gasteiger partial charge in [0.1, 0.15) is 5.82 Å². The summed E-state index contributed by atoms with van der Waals surface area (Å²) in [5, 5.41) is 7.81. The van der Waals surface area contributed by atoms with Crippen LogP contribution in [0.5, 0.6) is 11.5 Å². The van der Waals surface area contributed by atoms with Gasteiger partial charge in [-0.2, -0.15) is 0 Å². The number of aromatic amines is 1. The normalized spacial score (nSPS) is 12.8. The Morgan fingerprint density at radius 1 is 1.09 bits per heavy atom. The van der Waals surface area contributed by atoms with Gasteiger partial charge in [0, 0.05) is 37.2 Å². The molecular formula is C24H32FN5O2. The molecule has 1 unspecified atom stereocenters. The lowest BCUT2D eigenvalue weighted by molar-refractivity contribution is 0.295. The zero-order valence-corrected chi connectivity index (χ0v) is 19.3. The zero-order valence-electron chi connectivity index (χ0n) is 19.3. The second kappa shape index (κ2) is 10.9. The van der Waals surface area contributed by atoms with E-state index in [4.69, 9.17) is 9.47 Å². The summed E-state index contributed by atoms with van der Waals surface area (Å²) in [6.07, 6.45) is 2.72. The Balaban J connectivity index is 1.59. The highest BCUT2D eigenvalue weighted by atomic mass is 19.1. The molecular weight excluding hydrogens is 409 g/mol. The second-order valence-corrected chi connectivity index (χ2v) is 7.73. The maximum atomic E-state index is 13.4. The summed E-state index contributed by atoms with van der Waals surface area (Å²) in [6, 6.07) is 10.9. The third-order valence-corrected chi connectivity index (χ3v) is 5.52. The zero-order chi connectivity index (χ0) is 23.1. The van der Waals surface area contributed by atoms with Crippen molar-refractivity contribution in [3.05, 3.63) is 59.5 Å².